The van der Waals surface area contributed by atoms with Crippen LogP contribution in [0, 0.1) is 0 Å². The van der Waals surface area contributed by atoms with Gasteiger partial charge in [-0.15, -0.1) is 0 Å². The van der Waals surface area contributed by atoms with Crippen LogP contribution in [0.5, 0.6) is 0 Å². The van der Waals surface area contributed by atoms with Crippen molar-refractivity contribution in [1.29, 1.82) is 0 Å². The summed E-state index contributed by atoms with van der Waals surface area (Å²) in [6.45, 7) is 0. The first-order valence-corrected chi connectivity index (χ1v) is 40.9. The Balaban J connectivity index is 1.34. The van der Waals surface area contributed by atoms with Crippen LogP contribution in [0.3, 0.4) is 0 Å². The molecule has 0 bridgehead atoms. The van der Waals surface area contributed by atoms with Crippen molar-refractivity contribution in [2.24, 2.45) is 0 Å². The Labute approximate surface area is 487 Å². The van der Waals surface area contributed by atoms with E-state index in [1.165, 1.54) is 62.2 Å². The molecule has 5 heteroatoms. The molecule has 0 aliphatic rings. The molecule has 12 rings (SSSR count). The van der Waals surface area contributed by atoms with Gasteiger partial charge in [0.15, 0.2) is 0 Å². The van der Waals surface area contributed by atoms with Crippen LogP contribution in [0.4, 0.5) is 0 Å². The van der Waals surface area contributed by atoms with E-state index in [-0.39, 0.29) is 0 Å². The number of rotatable bonds is 20. The molecule has 0 atom stereocenters. The molecule has 0 fully saturated rings. The quantitative estimate of drug-likeness (QED) is 0.0527. The van der Waals surface area contributed by atoms with Crippen LogP contribution in [0.25, 0.3) is 0 Å². The summed E-state index contributed by atoms with van der Waals surface area (Å²) in [6, 6.07) is 143. The molecule has 0 spiro atoms. The first-order chi connectivity index (χ1) is 40.1. The van der Waals surface area contributed by atoms with Gasteiger partial charge in [-0.05, 0) is 0 Å². The van der Waals surface area contributed by atoms with Crippen LogP contribution < -0.4 is 62.2 Å². The summed E-state index contributed by atoms with van der Waals surface area (Å²) in [5.41, 5.74) is 0. The summed E-state index contributed by atoms with van der Waals surface area (Å²) in [7, 11) is -12.5. The molecule has 0 unspecified atom stereocenters. The minimum atomic E-state index is -3.64. The second-order valence-corrected chi connectivity index (χ2v) is 46.4. The van der Waals surface area contributed by atoms with Crippen molar-refractivity contribution >= 4 is 94.5 Å². The van der Waals surface area contributed by atoms with Gasteiger partial charge in [0.05, 0.1) is 0 Å². The Morgan fingerprint density at radius 1 is 0.136 bits per heavy atom. The standard InChI is InChI=1S/4C19H17Si.Cr/c4*1-20(17-11-5-2-6-12-17,18-13-7-3-8-14-18)19-15-9-4-10-16-19;/h4*2-16H,1H2;. The van der Waals surface area contributed by atoms with Crippen LogP contribution in [0.15, 0.2) is 364 Å². The third-order valence-corrected chi connectivity index (χ3v) is 56.9. The maximum absolute atomic E-state index is 3.64. The first kappa shape index (κ1) is 53.7. The molecule has 0 nitrogen and oxygen atoms in total. The van der Waals surface area contributed by atoms with Crippen molar-refractivity contribution in [3.8, 4) is 0 Å². The van der Waals surface area contributed by atoms with E-state index >= 15 is 0 Å². The summed E-state index contributed by atoms with van der Waals surface area (Å²) in [5.74, 6) is 0. The summed E-state index contributed by atoms with van der Waals surface area (Å²) in [4.78, 5) is 4.41. The first-order valence-electron chi connectivity index (χ1n) is 28.5. The molecule has 12 aromatic carbocycles. The zero-order valence-corrected chi connectivity index (χ0v) is 51.2. The average molecular weight is 1150 g/mol. The molecule has 0 aromatic heterocycles. The van der Waals surface area contributed by atoms with Gasteiger partial charge in [0.2, 0.25) is 0 Å². The van der Waals surface area contributed by atoms with Gasteiger partial charge >= 0.3 is 491 Å². The van der Waals surface area contributed by atoms with Gasteiger partial charge in [0.25, 0.3) is 0 Å². The fourth-order valence-corrected chi connectivity index (χ4v) is 70.3. The van der Waals surface area contributed by atoms with E-state index in [2.05, 4.69) is 364 Å². The number of benzene rings is 12. The van der Waals surface area contributed by atoms with Gasteiger partial charge in [0.1, 0.15) is 0 Å². The van der Waals surface area contributed by atoms with Gasteiger partial charge < -0.3 is 0 Å². The van der Waals surface area contributed by atoms with Crippen LogP contribution >= 0.6 is 0 Å². The van der Waals surface area contributed by atoms with Crippen LogP contribution in [0.2, 0.25) is 19.6 Å². The van der Waals surface area contributed by atoms with Gasteiger partial charge in [-0.25, -0.2) is 0 Å². The Bertz CT molecular complexity index is 2920. The van der Waals surface area contributed by atoms with Gasteiger partial charge in [0, 0.05) is 0 Å². The van der Waals surface area contributed by atoms with Crippen LogP contribution in [-0.2, 0) is 13.1 Å². The molecule has 12 aromatic rings. The van der Waals surface area contributed by atoms with Crippen molar-refractivity contribution in [2.45, 2.75) is 19.6 Å². The topological polar surface area (TPSA) is 0 Å². The zero-order valence-electron chi connectivity index (χ0n) is 45.9. The molecular weight excluding hydrogens is 1080 g/mol. The van der Waals surface area contributed by atoms with E-state index in [0.29, 0.717) is 0 Å². The number of hydrogen-bond acceptors (Lipinski definition) is 0. The van der Waals surface area contributed by atoms with E-state index in [1.807, 2.05) is 0 Å². The van der Waals surface area contributed by atoms with Crippen molar-refractivity contribution in [3.05, 3.63) is 364 Å². The molecule has 0 radical (unpaired) electrons. The third kappa shape index (κ3) is 10.4. The van der Waals surface area contributed by atoms with Gasteiger partial charge in [-0.1, -0.05) is 0 Å². The summed E-state index contributed by atoms with van der Waals surface area (Å²) in [6.07, 6.45) is 0. The minimum absolute atomic E-state index is 1.10. The fourth-order valence-electron chi connectivity index (χ4n) is 13.8. The Morgan fingerprint density at radius 3 is 0.309 bits per heavy atom. The Kier molecular flexibility index (Phi) is 16.2. The van der Waals surface area contributed by atoms with Gasteiger partial charge in [-0.3, -0.25) is 0 Å². The Hall–Kier alpha value is -7.96. The summed E-state index contributed by atoms with van der Waals surface area (Å²) in [5, 5.41) is 17.8. The van der Waals surface area contributed by atoms with E-state index < -0.39 is 45.4 Å². The fraction of sp³-hybridized carbons (Fsp3) is 0.0526. The summed E-state index contributed by atoms with van der Waals surface area (Å²) >= 11 is -3.64. The second kappa shape index (κ2) is 24.4. The van der Waals surface area contributed by atoms with E-state index in [1.54, 1.807) is 0 Å². The summed E-state index contributed by atoms with van der Waals surface area (Å²) < 4.78 is 0. The normalized spacial score (nSPS) is 12.3. The predicted molar refractivity (Wildman–Crippen MR) is 355 cm³/mol. The molecule has 0 saturated carbocycles. The number of hydrogen-bond donors (Lipinski definition) is 0. The van der Waals surface area contributed by atoms with Gasteiger partial charge in [-0.2, -0.15) is 0 Å². The van der Waals surface area contributed by atoms with Crippen molar-refractivity contribution < 1.29 is 13.1 Å². The Morgan fingerprint density at radius 2 is 0.222 bits per heavy atom. The third-order valence-electron chi connectivity index (χ3n) is 17.3. The molecule has 394 valence electrons. The molecule has 0 saturated heterocycles. The molecule has 0 N–H and O–H groups in total. The van der Waals surface area contributed by atoms with E-state index in [0.717, 1.165) is 19.6 Å². The van der Waals surface area contributed by atoms with Crippen molar-refractivity contribution in [1.82, 2.24) is 0 Å². The van der Waals surface area contributed by atoms with Crippen LogP contribution in [-0.4, -0.2) is 32.3 Å². The van der Waals surface area contributed by atoms with Crippen LogP contribution in [0.1, 0.15) is 0 Å². The predicted octanol–water partition coefficient (Wildman–Crippen LogP) is 10.7. The van der Waals surface area contributed by atoms with E-state index in [4.69, 9.17) is 0 Å². The van der Waals surface area contributed by atoms with Crippen molar-refractivity contribution in [3.63, 3.8) is 0 Å². The second-order valence-electron chi connectivity index (χ2n) is 21.8. The zero-order chi connectivity index (χ0) is 54.7. The monoisotopic (exact) mass is 1140 g/mol. The maximum atomic E-state index is 2.52. The van der Waals surface area contributed by atoms with Crippen molar-refractivity contribution in [2.75, 3.05) is 0 Å². The average Bonchev–Trinajstić information content (AvgIpc) is 3.74. The molecular formula is C76H68CrSi4. The molecule has 0 aliphatic carbocycles. The SMILES string of the molecule is c1ccc([Si]([CH2][Cr]([CH2][Si](c2ccccc2)(c2ccccc2)c2ccccc2)([CH2][Si](c2ccccc2)(c2ccccc2)c2ccccc2)[CH2][Si](c2ccccc2)(c2ccccc2)c2ccccc2)(c2ccccc2)c2ccccc2)cc1. The molecule has 0 amide bonds. The molecule has 0 heterocycles. The van der Waals surface area contributed by atoms with E-state index in [9.17, 15) is 0 Å². The molecule has 0 aliphatic heterocycles. The molecule has 81 heavy (non-hydrogen) atoms.